The Morgan fingerprint density at radius 1 is 1.26 bits per heavy atom. The van der Waals surface area contributed by atoms with Gasteiger partial charge in [-0.15, -0.1) is 0 Å². The number of methoxy groups -OCH3 is 1. The summed E-state index contributed by atoms with van der Waals surface area (Å²) >= 11 is 0. The molecule has 0 heterocycles. The molecule has 0 bridgehead atoms. The first kappa shape index (κ1) is 15.8. The molecule has 1 N–H and O–H groups in total. The normalized spacial score (nSPS) is 10.8. The molecule has 0 saturated heterocycles. The Bertz CT molecular complexity index is 382. The lowest BCUT2D eigenvalue weighted by Crippen LogP contribution is -2.31. The highest BCUT2D eigenvalue weighted by molar-refractivity contribution is 5.50. The van der Waals surface area contributed by atoms with Crippen molar-refractivity contribution in [2.75, 3.05) is 25.2 Å². The molecule has 1 aromatic carbocycles. The number of anilines is 1. The van der Waals surface area contributed by atoms with E-state index in [1.54, 1.807) is 6.07 Å². The van der Waals surface area contributed by atoms with Gasteiger partial charge in [0.15, 0.2) is 11.6 Å². The molecule has 0 atom stereocenters. The highest BCUT2D eigenvalue weighted by Crippen LogP contribution is 2.25. The summed E-state index contributed by atoms with van der Waals surface area (Å²) in [5.74, 6) is -0.0613. The van der Waals surface area contributed by atoms with E-state index in [9.17, 15) is 4.39 Å². The van der Waals surface area contributed by atoms with Crippen LogP contribution >= 0.6 is 0 Å². The maximum absolute atomic E-state index is 13.7. The average Bonchev–Trinajstić information content (AvgIpc) is 2.38. The number of nitrogens with zero attached hydrogens (tertiary/aromatic N) is 1. The molecular weight excluding hydrogens is 245 g/mol. The summed E-state index contributed by atoms with van der Waals surface area (Å²) in [5.41, 5.74) is 0.872. The molecule has 0 aromatic heterocycles. The first-order valence-electron chi connectivity index (χ1n) is 6.81. The molecule has 108 valence electrons. The number of hydrogen-bond acceptors (Lipinski definition) is 3. The van der Waals surface area contributed by atoms with Crippen LogP contribution < -0.4 is 9.64 Å². The molecule has 4 heteroatoms. The van der Waals surface area contributed by atoms with Crippen LogP contribution in [0, 0.1) is 5.82 Å². The van der Waals surface area contributed by atoms with Gasteiger partial charge in [0.25, 0.3) is 0 Å². The van der Waals surface area contributed by atoms with E-state index in [1.165, 1.54) is 13.2 Å². The zero-order chi connectivity index (χ0) is 14.3. The van der Waals surface area contributed by atoms with E-state index < -0.39 is 0 Å². The molecular formula is C15H24FNO2. The molecule has 1 aromatic rings. The molecule has 0 unspecified atom stereocenters. The molecule has 0 amide bonds. The SMILES string of the molecule is COc1ccc(N(CCCCCO)C(C)C)cc1F. The van der Waals surface area contributed by atoms with Gasteiger partial charge in [0.2, 0.25) is 0 Å². The Kier molecular flexibility index (Phi) is 6.64. The van der Waals surface area contributed by atoms with Gasteiger partial charge in [-0.3, -0.25) is 0 Å². The summed E-state index contributed by atoms with van der Waals surface area (Å²) in [7, 11) is 1.47. The number of ether oxygens (including phenoxy) is 1. The van der Waals surface area contributed by atoms with Gasteiger partial charge in [-0.05, 0) is 45.2 Å². The van der Waals surface area contributed by atoms with E-state index in [-0.39, 0.29) is 18.2 Å². The molecule has 0 aliphatic rings. The fourth-order valence-corrected chi connectivity index (χ4v) is 2.09. The van der Waals surface area contributed by atoms with Crippen LogP contribution in [0.25, 0.3) is 0 Å². The van der Waals surface area contributed by atoms with Crippen LogP contribution in [0.2, 0.25) is 0 Å². The van der Waals surface area contributed by atoms with E-state index in [1.807, 2.05) is 6.07 Å². The van der Waals surface area contributed by atoms with Crippen LogP contribution in [0.15, 0.2) is 18.2 Å². The van der Waals surface area contributed by atoms with Crippen molar-refractivity contribution in [3.8, 4) is 5.75 Å². The highest BCUT2D eigenvalue weighted by Gasteiger charge is 2.12. The molecule has 0 radical (unpaired) electrons. The number of aliphatic hydroxyl groups is 1. The maximum Gasteiger partial charge on any atom is 0.167 e. The maximum atomic E-state index is 13.7. The summed E-state index contributed by atoms with van der Waals surface area (Å²) in [6.45, 7) is 5.28. The number of hydrogen-bond donors (Lipinski definition) is 1. The minimum absolute atomic E-state index is 0.235. The molecule has 0 spiro atoms. The quantitative estimate of drug-likeness (QED) is 0.736. The van der Waals surface area contributed by atoms with Gasteiger partial charge < -0.3 is 14.7 Å². The van der Waals surface area contributed by atoms with Crippen molar-refractivity contribution in [3.63, 3.8) is 0 Å². The average molecular weight is 269 g/mol. The van der Waals surface area contributed by atoms with Gasteiger partial charge in [0, 0.05) is 30.9 Å². The van der Waals surface area contributed by atoms with Crippen LogP contribution in [0.4, 0.5) is 10.1 Å². The molecule has 1 rings (SSSR count). The zero-order valence-corrected chi connectivity index (χ0v) is 12.0. The lowest BCUT2D eigenvalue weighted by Gasteiger charge is -2.29. The number of aliphatic hydroxyl groups excluding tert-OH is 1. The predicted octanol–water partition coefficient (Wildman–Crippen LogP) is 3.21. The molecule has 0 aliphatic heterocycles. The third-order valence-corrected chi connectivity index (χ3v) is 3.15. The Labute approximate surface area is 115 Å². The van der Waals surface area contributed by atoms with Crippen molar-refractivity contribution in [1.82, 2.24) is 0 Å². The third kappa shape index (κ3) is 4.71. The number of halogens is 1. The van der Waals surface area contributed by atoms with Crippen molar-refractivity contribution in [3.05, 3.63) is 24.0 Å². The van der Waals surface area contributed by atoms with Crippen molar-refractivity contribution in [2.45, 2.75) is 39.2 Å². The monoisotopic (exact) mass is 269 g/mol. The first-order chi connectivity index (χ1) is 9.10. The fourth-order valence-electron chi connectivity index (χ4n) is 2.09. The van der Waals surface area contributed by atoms with Crippen molar-refractivity contribution < 1.29 is 14.2 Å². The lowest BCUT2D eigenvalue weighted by molar-refractivity contribution is 0.283. The van der Waals surface area contributed by atoms with E-state index >= 15 is 0 Å². The summed E-state index contributed by atoms with van der Waals surface area (Å²) in [4.78, 5) is 2.17. The molecule has 0 aliphatic carbocycles. The predicted molar refractivity (Wildman–Crippen MR) is 76.4 cm³/mol. The largest absolute Gasteiger partial charge is 0.494 e. The van der Waals surface area contributed by atoms with E-state index in [0.717, 1.165) is 31.5 Å². The Hall–Kier alpha value is -1.29. The van der Waals surface area contributed by atoms with Gasteiger partial charge in [-0.2, -0.15) is 0 Å². The van der Waals surface area contributed by atoms with E-state index in [2.05, 4.69) is 18.7 Å². The number of benzene rings is 1. The number of unbranched alkanes of at least 4 members (excludes halogenated alkanes) is 2. The van der Waals surface area contributed by atoms with Gasteiger partial charge >= 0.3 is 0 Å². The molecule has 0 saturated carbocycles. The summed E-state index contributed by atoms with van der Waals surface area (Å²) < 4.78 is 18.7. The summed E-state index contributed by atoms with van der Waals surface area (Å²) in [5, 5.41) is 8.77. The molecule has 3 nitrogen and oxygen atoms in total. The second-order valence-electron chi connectivity index (χ2n) is 4.89. The summed E-state index contributed by atoms with van der Waals surface area (Å²) in [6, 6.07) is 5.37. The minimum Gasteiger partial charge on any atom is -0.494 e. The van der Waals surface area contributed by atoms with Crippen LogP contribution in [0.5, 0.6) is 5.75 Å². The van der Waals surface area contributed by atoms with Crippen LogP contribution in [0.3, 0.4) is 0 Å². The lowest BCUT2D eigenvalue weighted by atomic mass is 10.1. The minimum atomic E-state index is -0.332. The standard InChI is InChI=1S/C15H24FNO2/c1-12(2)17(9-5-4-6-10-18)13-7-8-15(19-3)14(16)11-13/h7-8,11-12,18H,4-6,9-10H2,1-3H3. The number of rotatable bonds is 8. The summed E-state index contributed by atoms with van der Waals surface area (Å²) in [6.07, 6.45) is 2.80. The Morgan fingerprint density at radius 3 is 2.53 bits per heavy atom. The van der Waals surface area contributed by atoms with Gasteiger partial charge in [-0.25, -0.2) is 4.39 Å². The van der Waals surface area contributed by atoms with Gasteiger partial charge in [-0.1, -0.05) is 0 Å². The van der Waals surface area contributed by atoms with Crippen molar-refractivity contribution in [1.29, 1.82) is 0 Å². The second kappa shape index (κ2) is 8.00. The molecule has 0 fully saturated rings. The highest BCUT2D eigenvalue weighted by atomic mass is 19.1. The van der Waals surface area contributed by atoms with Crippen molar-refractivity contribution in [2.24, 2.45) is 0 Å². The van der Waals surface area contributed by atoms with Crippen LogP contribution in [-0.4, -0.2) is 31.4 Å². The Balaban J connectivity index is 2.72. The first-order valence-corrected chi connectivity index (χ1v) is 6.81. The van der Waals surface area contributed by atoms with Crippen molar-refractivity contribution >= 4 is 5.69 Å². The molecule has 19 heavy (non-hydrogen) atoms. The van der Waals surface area contributed by atoms with Gasteiger partial charge in [0.1, 0.15) is 0 Å². The van der Waals surface area contributed by atoms with Crippen LogP contribution in [0.1, 0.15) is 33.1 Å². The van der Waals surface area contributed by atoms with E-state index in [0.29, 0.717) is 6.04 Å². The van der Waals surface area contributed by atoms with Gasteiger partial charge in [0.05, 0.1) is 7.11 Å². The smallest absolute Gasteiger partial charge is 0.167 e. The topological polar surface area (TPSA) is 32.7 Å². The van der Waals surface area contributed by atoms with E-state index in [4.69, 9.17) is 9.84 Å². The Morgan fingerprint density at radius 2 is 2.00 bits per heavy atom. The third-order valence-electron chi connectivity index (χ3n) is 3.15. The zero-order valence-electron chi connectivity index (χ0n) is 12.0. The van der Waals surface area contributed by atoms with Crippen LogP contribution in [-0.2, 0) is 0 Å². The fraction of sp³-hybridized carbons (Fsp3) is 0.600. The second-order valence-corrected chi connectivity index (χ2v) is 4.89.